The second kappa shape index (κ2) is 4.47. The van der Waals surface area contributed by atoms with Crippen LogP contribution in [0.5, 0.6) is 0 Å². The molecule has 0 spiro atoms. The van der Waals surface area contributed by atoms with Crippen molar-refractivity contribution in [3.8, 4) is 0 Å². The molecule has 0 radical (unpaired) electrons. The number of thiazole rings is 1. The Kier molecular flexibility index (Phi) is 2.79. The van der Waals surface area contributed by atoms with Gasteiger partial charge in [-0.25, -0.2) is 0 Å². The summed E-state index contributed by atoms with van der Waals surface area (Å²) in [5.41, 5.74) is 1.28. The van der Waals surface area contributed by atoms with Crippen LogP contribution in [0.15, 0.2) is 39.8 Å². The zero-order valence-corrected chi connectivity index (χ0v) is 11.3. The maximum absolute atomic E-state index is 12.0. The predicted molar refractivity (Wildman–Crippen MR) is 71.9 cm³/mol. The van der Waals surface area contributed by atoms with Crippen molar-refractivity contribution >= 4 is 27.5 Å². The van der Waals surface area contributed by atoms with Crippen LogP contribution in [0.4, 0.5) is 0 Å². The van der Waals surface area contributed by atoms with Gasteiger partial charge in [0, 0.05) is 13.1 Å². The molecule has 96 valence electrons. The summed E-state index contributed by atoms with van der Waals surface area (Å²) in [6.45, 7) is 1.74. The Morgan fingerprint density at radius 3 is 2.89 bits per heavy atom. The van der Waals surface area contributed by atoms with Gasteiger partial charge in [0.1, 0.15) is 5.76 Å². The van der Waals surface area contributed by atoms with Gasteiger partial charge in [-0.05, 0) is 19.1 Å². The summed E-state index contributed by atoms with van der Waals surface area (Å²) in [5.74, 6) is 0.207. The number of aryl methyl sites for hydroxylation is 2. The Hall–Kier alpha value is -2.21. The minimum atomic E-state index is -0.390. The van der Waals surface area contributed by atoms with Gasteiger partial charge in [0.25, 0.3) is 0 Å². The molecule has 0 bridgehead atoms. The molecule has 0 N–H and O–H groups in total. The molecule has 0 saturated carbocycles. The number of amides is 1. The molecule has 0 unspecified atom stereocenters. The van der Waals surface area contributed by atoms with Crippen molar-refractivity contribution < 1.29 is 9.32 Å². The smallest absolute Gasteiger partial charge is 0.301 e. The molecule has 6 heteroatoms. The monoisotopic (exact) mass is 273 g/mol. The van der Waals surface area contributed by atoms with Crippen LogP contribution in [0.1, 0.15) is 16.2 Å². The summed E-state index contributed by atoms with van der Waals surface area (Å²) in [6.07, 6.45) is 0. The molecule has 2 aromatic heterocycles. The molecule has 0 atom stereocenters. The average Bonchev–Trinajstić information content (AvgIpc) is 2.96. The number of benzene rings is 1. The zero-order chi connectivity index (χ0) is 13.4. The predicted octanol–water partition coefficient (Wildman–Crippen LogP) is 2.28. The molecule has 0 fully saturated rings. The molecule has 0 aliphatic rings. The number of nitrogens with zero attached hydrogens (tertiary/aromatic N) is 3. The van der Waals surface area contributed by atoms with E-state index in [9.17, 15) is 4.79 Å². The van der Waals surface area contributed by atoms with E-state index in [1.807, 2.05) is 35.9 Å². The fourth-order valence-electron chi connectivity index (χ4n) is 1.80. The van der Waals surface area contributed by atoms with E-state index in [2.05, 4.69) is 10.1 Å². The average molecular weight is 273 g/mol. The first-order valence-corrected chi connectivity index (χ1v) is 6.54. The van der Waals surface area contributed by atoms with E-state index in [-0.39, 0.29) is 11.6 Å². The second-order valence-corrected chi connectivity index (χ2v) is 5.16. The fraction of sp³-hybridized carbons (Fsp3) is 0.154. The lowest BCUT2D eigenvalue weighted by molar-refractivity contribution is 0.0989. The summed E-state index contributed by atoms with van der Waals surface area (Å²) in [5, 5.41) is 3.67. The molecular weight excluding hydrogens is 262 g/mol. The zero-order valence-electron chi connectivity index (χ0n) is 10.5. The number of hydrogen-bond donors (Lipinski definition) is 0. The summed E-state index contributed by atoms with van der Waals surface area (Å²) < 4.78 is 7.86. The van der Waals surface area contributed by atoms with Crippen LogP contribution in [0, 0.1) is 6.92 Å². The maximum Gasteiger partial charge on any atom is 0.301 e. The van der Waals surface area contributed by atoms with Crippen LogP contribution < -0.4 is 4.80 Å². The number of carbonyl (C=O) groups excluding carboxylic acids is 1. The van der Waals surface area contributed by atoms with E-state index in [0.717, 1.165) is 10.2 Å². The van der Waals surface area contributed by atoms with Crippen LogP contribution in [-0.4, -0.2) is 15.6 Å². The molecular formula is C13H11N3O2S. The van der Waals surface area contributed by atoms with E-state index in [4.69, 9.17) is 4.52 Å². The van der Waals surface area contributed by atoms with Crippen molar-refractivity contribution in [2.75, 3.05) is 0 Å². The van der Waals surface area contributed by atoms with Crippen molar-refractivity contribution in [2.24, 2.45) is 12.0 Å². The van der Waals surface area contributed by atoms with Crippen molar-refractivity contribution in [1.82, 2.24) is 9.72 Å². The van der Waals surface area contributed by atoms with Gasteiger partial charge in [-0.3, -0.25) is 4.79 Å². The van der Waals surface area contributed by atoms with Gasteiger partial charge in [-0.2, -0.15) is 4.99 Å². The molecule has 1 amide bonds. The van der Waals surface area contributed by atoms with Crippen LogP contribution in [-0.2, 0) is 7.05 Å². The molecule has 0 saturated heterocycles. The standard InChI is InChI=1S/C13H11N3O2S/c1-8-7-9(15-18-8)12(17)14-13-16(2)10-5-3-4-6-11(10)19-13/h3-7H,1-2H3. The summed E-state index contributed by atoms with van der Waals surface area (Å²) in [7, 11) is 1.89. The third kappa shape index (κ3) is 2.10. The van der Waals surface area contributed by atoms with Gasteiger partial charge in [-0.1, -0.05) is 28.6 Å². The number of fused-ring (bicyclic) bond motifs is 1. The quantitative estimate of drug-likeness (QED) is 0.683. The highest BCUT2D eigenvalue weighted by Crippen LogP contribution is 2.15. The van der Waals surface area contributed by atoms with Crippen LogP contribution >= 0.6 is 11.3 Å². The first-order chi connectivity index (χ1) is 9.15. The van der Waals surface area contributed by atoms with Gasteiger partial charge in [0.2, 0.25) is 0 Å². The topological polar surface area (TPSA) is 60.4 Å². The number of rotatable bonds is 1. The number of hydrogen-bond acceptors (Lipinski definition) is 4. The number of para-hydroxylation sites is 1. The highest BCUT2D eigenvalue weighted by molar-refractivity contribution is 7.16. The van der Waals surface area contributed by atoms with Crippen LogP contribution in [0.25, 0.3) is 10.2 Å². The van der Waals surface area contributed by atoms with Crippen molar-refractivity contribution in [1.29, 1.82) is 0 Å². The lowest BCUT2D eigenvalue weighted by Crippen LogP contribution is -2.13. The highest BCUT2D eigenvalue weighted by atomic mass is 32.1. The Morgan fingerprint density at radius 1 is 1.42 bits per heavy atom. The summed E-state index contributed by atoms with van der Waals surface area (Å²) in [6, 6.07) is 9.51. The van der Waals surface area contributed by atoms with Crippen LogP contribution in [0.3, 0.4) is 0 Å². The molecule has 0 aliphatic carbocycles. The maximum atomic E-state index is 12.0. The third-order valence-electron chi connectivity index (χ3n) is 2.76. The van der Waals surface area contributed by atoms with E-state index >= 15 is 0 Å². The fourth-order valence-corrected chi connectivity index (χ4v) is 2.82. The molecule has 3 rings (SSSR count). The minimum Gasteiger partial charge on any atom is -0.361 e. The van der Waals surface area contributed by atoms with Crippen molar-refractivity contribution in [2.45, 2.75) is 6.92 Å². The Labute approximate surface area is 112 Å². The SMILES string of the molecule is Cc1cc(C(=O)N=c2sc3ccccc3n2C)no1. The van der Waals surface area contributed by atoms with Gasteiger partial charge in [0.15, 0.2) is 10.5 Å². The first-order valence-electron chi connectivity index (χ1n) is 5.72. The molecule has 3 aromatic rings. The van der Waals surface area contributed by atoms with E-state index < -0.39 is 0 Å². The molecule has 0 aliphatic heterocycles. The Morgan fingerprint density at radius 2 is 2.21 bits per heavy atom. The molecule has 19 heavy (non-hydrogen) atoms. The van der Waals surface area contributed by atoms with Crippen molar-refractivity contribution in [3.05, 3.63) is 46.6 Å². The minimum absolute atomic E-state index is 0.231. The van der Waals surface area contributed by atoms with Gasteiger partial charge in [0.05, 0.1) is 10.2 Å². The summed E-state index contributed by atoms with van der Waals surface area (Å²) >= 11 is 1.47. The highest BCUT2D eigenvalue weighted by Gasteiger charge is 2.10. The van der Waals surface area contributed by atoms with E-state index in [1.54, 1.807) is 13.0 Å². The first kappa shape index (κ1) is 11.9. The van der Waals surface area contributed by atoms with Crippen molar-refractivity contribution in [3.63, 3.8) is 0 Å². The molecule has 1 aromatic carbocycles. The van der Waals surface area contributed by atoms with Gasteiger partial charge < -0.3 is 9.09 Å². The Bertz CT molecular complexity index is 826. The van der Waals surface area contributed by atoms with E-state index in [0.29, 0.717) is 10.6 Å². The number of aromatic nitrogens is 2. The lowest BCUT2D eigenvalue weighted by Gasteiger charge is -1.93. The second-order valence-electron chi connectivity index (χ2n) is 4.15. The summed E-state index contributed by atoms with van der Waals surface area (Å²) in [4.78, 5) is 16.7. The third-order valence-corrected chi connectivity index (χ3v) is 3.87. The van der Waals surface area contributed by atoms with Crippen LogP contribution in [0.2, 0.25) is 0 Å². The Balaban J connectivity index is 2.11. The molecule has 5 nitrogen and oxygen atoms in total. The lowest BCUT2D eigenvalue weighted by atomic mass is 10.3. The largest absolute Gasteiger partial charge is 0.361 e. The van der Waals surface area contributed by atoms with E-state index in [1.165, 1.54) is 11.3 Å². The van der Waals surface area contributed by atoms with Gasteiger partial charge >= 0.3 is 5.91 Å². The van der Waals surface area contributed by atoms with Gasteiger partial charge in [-0.15, -0.1) is 0 Å². The molecule has 2 heterocycles. The normalized spacial score (nSPS) is 12.2. The number of carbonyl (C=O) groups is 1.